The van der Waals surface area contributed by atoms with Gasteiger partial charge in [-0.05, 0) is 83.6 Å². The molecule has 4 aromatic carbocycles. The fourth-order valence-electron chi connectivity index (χ4n) is 5.56. The zero-order valence-electron chi connectivity index (χ0n) is 25.8. The molecule has 0 saturated carbocycles. The Morgan fingerprint density at radius 1 is 0.867 bits per heavy atom. The first-order valence-electron chi connectivity index (χ1n) is 14.8. The molecule has 2 unspecified atom stereocenters. The highest BCUT2D eigenvalue weighted by molar-refractivity contribution is 7.92. The summed E-state index contributed by atoms with van der Waals surface area (Å²) in [5, 5.41) is 11.1. The van der Waals surface area contributed by atoms with Crippen molar-refractivity contribution in [1.29, 1.82) is 0 Å². The summed E-state index contributed by atoms with van der Waals surface area (Å²) in [6.45, 7) is 1.67. The molecule has 2 atom stereocenters. The monoisotopic (exact) mass is 632 g/mol. The Kier molecular flexibility index (Phi) is 10.5. The highest BCUT2D eigenvalue weighted by atomic mass is 32.2. The molecule has 0 saturated heterocycles. The summed E-state index contributed by atoms with van der Waals surface area (Å²) >= 11 is 0. The van der Waals surface area contributed by atoms with Crippen LogP contribution in [-0.4, -0.2) is 64.7 Å². The van der Waals surface area contributed by atoms with Gasteiger partial charge < -0.3 is 24.1 Å². The van der Waals surface area contributed by atoms with E-state index >= 15 is 0 Å². The molecule has 2 N–H and O–H groups in total. The summed E-state index contributed by atoms with van der Waals surface area (Å²) in [7, 11) is -0.0498. The van der Waals surface area contributed by atoms with E-state index in [4.69, 9.17) is 18.9 Å². The molecular formula is C35H40N2O7S. The molecule has 1 aliphatic heterocycles. The van der Waals surface area contributed by atoms with Crippen molar-refractivity contribution >= 4 is 15.7 Å². The topological polar surface area (TPSA) is 107 Å². The Morgan fingerprint density at radius 2 is 1.58 bits per heavy atom. The summed E-state index contributed by atoms with van der Waals surface area (Å²) in [5.74, 6) is 2.72. The zero-order chi connectivity index (χ0) is 31.8. The Morgan fingerprint density at radius 3 is 2.24 bits per heavy atom. The minimum absolute atomic E-state index is 0.0249. The maximum atomic E-state index is 11.5. The van der Waals surface area contributed by atoms with Crippen LogP contribution in [0.15, 0.2) is 91.0 Å². The van der Waals surface area contributed by atoms with Crippen molar-refractivity contribution < 1.29 is 32.5 Å². The van der Waals surface area contributed by atoms with Crippen LogP contribution in [0.25, 0.3) is 0 Å². The number of aliphatic hydroxyl groups excluding tert-OH is 1. The number of aliphatic hydroxyl groups is 1. The van der Waals surface area contributed by atoms with Crippen molar-refractivity contribution in [2.75, 3.05) is 44.9 Å². The summed E-state index contributed by atoms with van der Waals surface area (Å²) in [6, 6.07) is 28.8. The predicted octanol–water partition coefficient (Wildman–Crippen LogP) is 5.24. The van der Waals surface area contributed by atoms with Crippen molar-refractivity contribution in [1.82, 2.24) is 4.90 Å². The quantitative estimate of drug-likeness (QED) is 0.195. The number of ether oxygens (including phenoxy) is 4. The summed E-state index contributed by atoms with van der Waals surface area (Å²) in [5.41, 5.74) is 5.00. The summed E-state index contributed by atoms with van der Waals surface area (Å²) in [6.07, 6.45) is 1.87. The molecule has 10 heteroatoms. The van der Waals surface area contributed by atoms with Gasteiger partial charge in [0.2, 0.25) is 10.0 Å². The maximum absolute atomic E-state index is 11.5. The van der Waals surface area contributed by atoms with Crippen molar-refractivity contribution in [3.05, 3.63) is 113 Å². The number of hydrogen-bond acceptors (Lipinski definition) is 8. The number of β-amino-alcohol motifs (C(OH)–C–C–N with tert-alkyl or cyclic N) is 1. The molecule has 9 nitrogen and oxygen atoms in total. The van der Waals surface area contributed by atoms with Crippen LogP contribution in [0.5, 0.6) is 23.0 Å². The molecule has 4 aromatic rings. The van der Waals surface area contributed by atoms with Crippen LogP contribution in [-0.2, 0) is 29.5 Å². The second-order valence-corrected chi connectivity index (χ2v) is 12.9. The van der Waals surface area contributed by atoms with Crippen molar-refractivity contribution in [2.45, 2.75) is 31.6 Å². The van der Waals surface area contributed by atoms with E-state index in [-0.39, 0.29) is 12.6 Å². The van der Waals surface area contributed by atoms with Crippen LogP contribution in [0.2, 0.25) is 0 Å². The minimum atomic E-state index is -3.37. The number of rotatable bonds is 14. The fraction of sp³-hybridized carbons (Fsp3) is 0.314. The van der Waals surface area contributed by atoms with E-state index in [0.29, 0.717) is 36.1 Å². The predicted molar refractivity (Wildman–Crippen MR) is 175 cm³/mol. The van der Waals surface area contributed by atoms with Crippen LogP contribution in [0, 0.1) is 0 Å². The van der Waals surface area contributed by atoms with Crippen molar-refractivity contribution in [3.8, 4) is 23.0 Å². The Balaban J connectivity index is 1.34. The van der Waals surface area contributed by atoms with E-state index in [9.17, 15) is 13.5 Å². The molecule has 238 valence electrons. The third-order valence-corrected chi connectivity index (χ3v) is 8.37. The van der Waals surface area contributed by atoms with Crippen molar-refractivity contribution in [2.24, 2.45) is 0 Å². The summed E-state index contributed by atoms with van der Waals surface area (Å²) < 4.78 is 48.6. The van der Waals surface area contributed by atoms with Gasteiger partial charge in [0.05, 0.1) is 20.5 Å². The first kappa shape index (κ1) is 32.2. The lowest BCUT2D eigenvalue weighted by Crippen LogP contribution is -2.42. The largest absolute Gasteiger partial charge is 0.497 e. The van der Waals surface area contributed by atoms with Crippen LogP contribution in [0.1, 0.15) is 28.3 Å². The number of fused-ring (bicyclic) bond motifs is 1. The molecule has 1 heterocycles. The molecule has 0 fully saturated rings. The van der Waals surface area contributed by atoms with Gasteiger partial charge in [0.25, 0.3) is 0 Å². The zero-order valence-corrected chi connectivity index (χ0v) is 26.6. The van der Waals surface area contributed by atoms with Gasteiger partial charge in [-0.1, -0.05) is 42.5 Å². The van der Waals surface area contributed by atoms with Gasteiger partial charge in [-0.15, -0.1) is 0 Å². The van der Waals surface area contributed by atoms with Crippen LogP contribution in [0.3, 0.4) is 0 Å². The number of benzene rings is 4. The van der Waals surface area contributed by atoms with Gasteiger partial charge in [-0.3, -0.25) is 9.62 Å². The highest BCUT2D eigenvalue weighted by Crippen LogP contribution is 2.40. The molecule has 0 bridgehead atoms. The lowest BCUT2D eigenvalue weighted by Gasteiger charge is -2.39. The molecule has 1 aliphatic rings. The second kappa shape index (κ2) is 14.7. The van der Waals surface area contributed by atoms with Crippen LogP contribution >= 0.6 is 0 Å². The van der Waals surface area contributed by atoms with E-state index < -0.39 is 16.1 Å². The van der Waals surface area contributed by atoms with Gasteiger partial charge in [0, 0.05) is 24.8 Å². The normalized spacial score (nSPS) is 15.5. The Labute approximate surface area is 265 Å². The first-order valence-corrected chi connectivity index (χ1v) is 16.7. The van der Waals surface area contributed by atoms with E-state index in [1.54, 1.807) is 38.5 Å². The lowest BCUT2D eigenvalue weighted by atomic mass is 9.88. The van der Waals surface area contributed by atoms with Gasteiger partial charge >= 0.3 is 0 Å². The Hall–Kier alpha value is -4.25. The number of hydrogen-bond donors (Lipinski definition) is 2. The van der Waals surface area contributed by atoms with Gasteiger partial charge in [0.15, 0.2) is 11.5 Å². The van der Waals surface area contributed by atoms with Crippen molar-refractivity contribution in [3.63, 3.8) is 0 Å². The molecule has 0 radical (unpaired) electrons. The number of anilines is 1. The third-order valence-electron chi connectivity index (χ3n) is 7.76. The molecule has 0 amide bonds. The number of nitrogens with one attached hydrogen (secondary N) is 1. The lowest BCUT2D eigenvalue weighted by molar-refractivity contribution is 0.0482. The van der Waals surface area contributed by atoms with Gasteiger partial charge in [-0.2, -0.15) is 0 Å². The second-order valence-electron chi connectivity index (χ2n) is 11.2. The molecule has 0 aliphatic carbocycles. The molecular weight excluding hydrogens is 592 g/mol. The minimum Gasteiger partial charge on any atom is -0.497 e. The van der Waals surface area contributed by atoms with Gasteiger partial charge in [0.1, 0.15) is 30.8 Å². The van der Waals surface area contributed by atoms with Crippen LogP contribution in [0.4, 0.5) is 5.69 Å². The van der Waals surface area contributed by atoms with E-state index in [1.165, 1.54) is 5.56 Å². The molecule has 5 rings (SSSR count). The number of sulfonamides is 1. The Bertz CT molecular complexity index is 1650. The van der Waals surface area contributed by atoms with E-state index in [2.05, 4.69) is 33.9 Å². The molecule has 0 aromatic heterocycles. The maximum Gasteiger partial charge on any atom is 0.229 e. The van der Waals surface area contributed by atoms with E-state index in [1.807, 2.05) is 42.5 Å². The molecule has 45 heavy (non-hydrogen) atoms. The number of nitrogens with zero attached hydrogens (tertiary/aromatic N) is 1. The molecule has 0 spiro atoms. The SMILES string of the molecule is COc1ccc(CC2c3cc(OCc4ccccc4)c(OC)cc3CCN2CC(O)COc2ccc(NS(C)(=O)=O)cc2)cc1. The first-order chi connectivity index (χ1) is 21.7. The number of methoxy groups -OCH3 is 2. The average Bonchev–Trinajstić information content (AvgIpc) is 3.04. The van der Waals surface area contributed by atoms with E-state index in [0.717, 1.165) is 48.1 Å². The standard InChI is InChI=1S/C35H40N2O7S/c1-41-30-13-9-25(10-14-30)19-33-32-21-35(44-23-26-7-5-4-6-8-26)34(42-2)20-27(32)17-18-37(33)22-29(38)24-43-31-15-11-28(12-16-31)36-45(3,39)40/h4-16,20-21,29,33,36,38H,17-19,22-24H2,1-3H3. The fourth-order valence-corrected chi connectivity index (χ4v) is 6.12. The van der Waals surface area contributed by atoms with Gasteiger partial charge in [-0.25, -0.2) is 8.42 Å². The highest BCUT2D eigenvalue weighted by Gasteiger charge is 2.31. The summed E-state index contributed by atoms with van der Waals surface area (Å²) in [4.78, 5) is 2.30. The third kappa shape index (κ3) is 8.91. The smallest absolute Gasteiger partial charge is 0.229 e. The van der Waals surface area contributed by atoms with Crippen LogP contribution < -0.4 is 23.7 Å². The average molecular weight is 633 g/mol.